The summed E-state index contributed by atoms with van der Waals surface area (Å²) in [7, 11) is 0. The molecule has 13 nitrogen and oxygen atoms in total. The standard InChI is InChI=1S/C31H38ClF3N6O7S/c1-16-23(14-45-16)46-24(21-10-11-38-41(21)22-12-17(32)8-9-18(22)31(33,34)35)25(42)37-13-19(36)20-15-49-26(39-20)40(27(43)47-29(2,3)4)28(44)48-30(5,6)7/h8-13,15-16,23-25,37,42H,14,36H2,1-7H3/b19-13-/t16?,23?,24?,25-/m1/s1. The van der Waals surface area contributed by atoms with E-state index in [1.807, 2.05) is 0 Å². The average Bonchev–Trinajstić information content (AvgIpc) is 3.63. The van der Waals surface area contributed by atoms with E-state index < -0.39 is 53.6 Å². The van der Waals surface area contributed by atoms with Crippen LogP contribution in [0.3, 0.4) is 0 Å². The fourth-order valence-electron chi connectivity index (χ4n) is 4.34. The predicted molar refractivity (Wildman–Crippen MR) is 175 cm³/mol. The Morgan fingerprint density at radius 3 is 2.33 bits per heavy atom. The normalized spacial score (nSPS) is 18.3. The van der Waals surface area contributed by atoms with E-state index in [-0.39, 0.29) is 45.6 Å². The van der Waals surface area contributed by atoms with Crippen LogP contribution in [0.4, 0.5) is 27.9 Å². The van der Waals surface area contributed by atoms with Crippen LogP contribution in [0.25, 0.3) is 11.4 Å². The third kappa shape index (κ3) is 9.63. The summed E-state index contributed by atoms with van der Waals surface area (Å²) in [5.41, 5.74) is 3.17. The maximum absolute atomic E-state index is 14.0. The predicted octanol–water partition coefficient (Wildman–Crippen LogP) is 6.39. The van der Waals surface area contributed by atoms with Gasteiger partial charge in [0.2, 0.25) is 5.13 Å². The molecular weight excluding hydrogens is 693 g/mol. The van der Waals surface area contributed by atoms with E-state index in [2.05, 4.69) is 15.4 Å². The summed E-state index contributed by atoms with van der Waals surface area (Å²) in [6, 6.07) is 4.48. The number of thiazole rings is 1. The van der Waals surface area contributed by atoms with Gasteiger partial charge < -0.3 is 35.1 Å². The molecule has 1 fully saturated rings. The molecular formula is C31H38ClF3N6O7S. The van der Waals surface area contributed by atoms with E-state index >= 15 is 0 Å². The number of ether oxygens (including phenoxy) is 4. The van der Waals surface area contributed by atoms with E-state index in [9.17, 15) is 27.9 Å². The monoisotopic (exact) mass is 730 g/mol. The van der Waals surface area contributed by atoms with Crippen molar-refractivity contribution in [3.05, 3.63) is 64.0 Å². The van der Waals surface area contributed by atoms with Crippen LogP contribution in [-0.4, -0.2) is 68.3 Å². The molecule has 1 saturated heterocycles. The summed E-state index contributed by atoms with van der Waals surface area (Å²) in [5, 5.41) is 19.5. The van der Waals surface area contributed by atoms with Crippen molar-refractivity contribution >= 4 is 46.0 Å². The Balaban J connectivity index is 1.63. The second-order valence-electron chi connectivity index (χ2n) is 13.0. The van der Waals surface area contributed by atoms with E-state index in [0.29, 0.717) is 4.90 Å². The molecule has 0 spiro atoms. The number of aromatic nitrogens is 3. The number of nitrogens with two attached hydrogens (primary N) is 1. The number of carbonyl (C=O) groups excluding carboxylic acids is 2. The van der Waals surface area contributed by atoms with Crippen LogP contribution in [0.5, 0.6) is 0 Å². The van der Waals surface area contributed by atoms with Gasteiger partial charge in [0.1, 0.15) is 29.1 Å². The number of benzene rings is 1. The van der Waals surface area contributed by atoms with Gasteiger partial charge in [0, 0.05) is 22.8 Å². The molecule has 1 aliphatic heterocycles. The van der Waals surface area contributed by atoms with Crippen LogP contribution in [-0.2, 0) is 25.1 Å². The van der Waals surface area contributed by atoms with Gasteiger partial charge >= 0.3 is 18.4 Å². The van der Waals surface area contributed by atoms with Crippen LogP contribution in [0.15, 0.2) is 42.0 Å². The number of halogens is 4. The summed E-state index contributed by atoms with van der Waals surface area (Å²) in [5.74, 6) is 0. The lowest BCUT2D eigenvalue weighted by atomic mass is 10.1. The molecule has 0 aliphatic carbocycles. The zero-order valence-electron chi connectivity index (χ0n) is 27.7. The first kappa shape index (κ1) is 37.9. The highest BCUT2D eigenvalue weighted by Crippen LogP contribution is 2.37. The van der Waals surface area contributed by atoms with Crippen molar-refractivity contribution in [1.82, 2.24) is 20.1 Å². The molecule has 3 aromatic rings. The lowest BCUT2D eigenvalue weighted by molar-refractivity contribution is -0.217. The Hall–Kier alpha value is -3.90. The van der Waals surface area contributed by atoms with Crippen molar-refractivity contribution in [3.8, 4) is 5.69 Å². The second-order valence-corrected chi connectivity index (χ2v) is 14.3. The third-order valence-corrected chi connectivity index (χ3v) is 7.71. The third-order valence-electron chi connectivity index (χ3n) is 6.65. The van der Waals surface area contributed by atoms with Crippen LogP contribution < -0.4 is 16.0 Å². The topological polar surface area (TPSA) is 163 Å². The highest BCUT2D eigenvalue weighted by Gasteiger charge is 2.39. The Labute approximate surface area is 289 Å². The molecule has 49 heavy (non-hydrogen) atoms. The number of aliphatic hydroxyl groups is 1. The zero-order valence-corrected chi connectivity index (χ0v) is 29.3. The fraction of sp³-hybridized carbons (Fsp3) is 0.484. The summed E-state index contributed by atoms with van der Waals surface area (Å²) < 4.78 is 65.2. The maximum atomic E-state index is 14.0. The van der Waals surface area contributed by atoms with Crippen molar-refractivity contribution in [2.75, 3.05) is 11.5 Å². The molecule has 18 heteroatoms. The van der Waals surface area contributed by atoms with E-state index in [1.165, 1.54) is 23.8 Å². The number of alkyl halides is 3. The first-order chi connectivity index (χ1) is 22.6. The molecule has 2 aromatic heterocycles. The van der Waals surface area contributed by atoms with Gasteiger partial charge in [-0.05, 0) is 72.7 Å². The van der Waals surface area contributed by atoms with Gasteiger partial charge in [0.25, 0.3) is 0 Å². The van der Waals surface area contributed by atoms with Gasteiger partial charge in [-0.15, -0.1) is 11.3 Å². The molecule has 268 valence electrons. The molecule has 3 unspecified atom stereocenters. The summed E-state index contributed by atoms with van der Waals surface area (Å²) in [6.07, 6.45) is -8.03. The minimum atomic E-state index is -4.74. The molecule has 2 amide bonds. The number of imide groups is 1. The number of anilines is 1. The van der Waals surface area contributed by atoms with Crippen molar-refractivity contribution in [2.45, 2.75) is 90.4 Å². The molecule has 4 atom stereocenters. The molecule has 0 bridgehead atoms. The number of hydrogen-bond acceptors (Lipinski definition) is 12. The Bertz CT molecular complexity index is 1660. The first-order valence-corrected chi connectivity index (χ1v) is 16.2. The Morgan fingerprint density at radius 1 is 1.16 bits per heavy atom. The Morgan fingerprint density at radius 2 is 1.80 bits per heavy atom. The first-order valence-electron chi connectivity index (χ1n) is 14.9. The van der Waals surface area contributed by atoms with Gasteiger partial charge in [-0.3, -0.25) is 0 Å². The Kier molecular flexibility index (Phi) is 11.2. The molecule has 3 heterocycles. The largest absolute Gasteiger partial charge is 0.443 e. The summed E-state index contributed by atoms with van der Waals surface area (Å²) in [4.78, 5) is 31.0. The van der Waals surface area contributed by atoms with Crippen LogP contribution >= 0.6 is 22.9 Å². The van der Waals surface area contributed by atoms with E-state index in [4.69, 9.17) is 36.3 Å². The van der Waals surface area contributed by atoms with Crippen molar-refractivity contribution in [2.24, 2.45) is 5.73 Å². The minimum absolute atomic E-state index is 0.0309. The number of amides is 2. The van der Waals surface area contributed by atoms with Crippen LogP contribution in [0.2, 0.25) is 5.02 Å². The van der Waals surface area contributed by atoms with E-state index in [1.54, 1.807) is 48.5 Å². The average molecular weight is 731 g/mol. The van der Waals surface area contributed by atoms with Crippen LogP contribution in [0, 0.1) is 0 Å². The number of aliphatic hydroxyl groups excluding tert-OH is 1. The van der Waals surface area contributed by atoms with Gasteiger partial charge in [-0.1, -0.05) is 11.6 Å². The molecule has 1 aromatic carbocycles. The molecule has 0 radical (unpaired) electrons. The minimum Gasteiger partial charge on any atom is -0.443 e. The van der Waals surface area contributed by atoms with Crippen LogP contribution in [0.1, 0.15) is 71.5 Å². The zero-order chi connectivity index (χ0) is 36.5. The van der Waals surface area contributed by atoms with E-state index in [0.717, 1.165) is 34.2 Å². The highest BCUT2D eigenvalue weighted by molar-refractivity contribution is 7.14. The second kappa shape index (κ2) is 14.5. The maximum Gasteiger partial charge on any atom is 0.426 e. The quantitative estimate of drug-likeness (QED) is 0.209. The van der Waals surface area contributed by atoms with Gasteiger partial charge in [-0.25, -0.2) is 19.3 Å². The SMILES string of the molecule is CC1OCC1OC(c1ccnn1-c1cc(Cl)ccc1C(F)(F)F)[C@@H](O)N/C=C(\N)c1csc(N(C(=O)OC(C)(C)C)C(=O)OC(C)(C)C)n1. The number of nitrogens with one attached hydrogen (secondary N) is 1. The number of hydrogen-bond donors (Lipinski definition) is 3. The number of rotatable bonds is 9. The highest BCUT2D eigenvalue weighted by atomic mass is 35.5. The smallest absolute Gasteiger partial charge is 0.426 e. The van der Waals surface area contributed by atoms with Crippen molar-refractivity contribution in [1.29, 1.82) is 0 Å². The van der Waals surface area contributed by atoms with Crippen molar-refractivity contribution in [3.63, 3.8) is 0 Å². The number of carbonyl (C=O) groups is 2. The summed E-state index contributed by atoms with van der Waals surface area (Å²) >= 11 is 6.97. The van der Waals surface area contributed by atoms with Gasteiger partial charge in [-0.2, -0.15) is 23.2 Å². The molecule has 4 rings (SSSR count). The molecule has 0 saturated carbocycles. The lowest BCUT2D eigenvalue weighted by Crippen LogP contribution is -2.48. The lowest BCUT2D eigenvalue weighted by Gasteiger charge is -2.38. The summed E-state index contributed by atoms with van der Waals surface area (Å²) in [6.45, 7) is 11.7. The van der Waals surface area contributed by atoms with Gasteiger partial charge in [0.15, 0.2) is 6.23 Å². The fourth-order valence-corrected chi connectivity index (χ4v) is 5.32. The van der Waals surface area contributed by atoms with Gasteiger partial charge in [0.05, 0.1) is 35.4 Å². The molecule has 1 aliphatic rings. The molecule has 4 N–H and O–H groups in total. The number of nitrogens with zero attached hydrogens (tertiary/aromatic N) is 4. The van der Waals surface area contributed by atoms with Crippen molar-refractivity contribution < 1.29 is 46.8 Å².